The molecular weight excluding hydrogens is 605 g/mol. The summed E-state index contributed by atoms with van der Waals surface area (Å²) in [5, 5.41) is 5.30. The zero-order chi connectivity index (χ0) is 32.8. The highest BCUT2D eigenvalue weighted by molar-refractivity contribution is 6.11. The van der Waals surface area contributed by atoms with Crippen LogP contribution in [0.5, 0.6) is 0 Å². The molecule has 0 spiro atoms. The van der Waals surface area contributed by atoms with Gasteiger partial charge in [0, 0.05) is 56.5 Å². The van der Waals surface area contributed by atoms with E-state index in [1.54, 1.807) is 0 Å². The molecule has 0 fully saturated rings. The fraction of sp³-hybridized carbons (Fsp3) is 0.125. The molecule has 0 aliphatic heterocycles. The predicted molar refractivity (Wildman–Crippen MR) is 209 cm³/mol. The topological polar surface area (TPSA) is 8.17 Å². The van der Waals surface area contributed by atoms with Gasteiger partial charge in [-0.05, 0) is 82.0 Å². The average Bonchev–Trinajstić information content (AvgIpc) is 3.70. The van der Waals surface area contributed by atoms with Gasteiger partial charge in [0.2, 0.25) is 0 Å². The molecule has 2 heteroatoms. The van der Waals surface area contributed by atoms with Gasteiger partial charge in [-0.1, -0.05) is 134 Å². The molecule has 4 atom stereocenters. The maximum atomic E-state index is 2.60. The maximum Gasteiger partial charge on any atom is 0.0560 e. The van der Waals surface area contributed by atoms with E-state index < -0.39 is 0 Å². The summed E-state index contributed by atoms with van der Waals surface area (Å²) in [5.74, 6) is 0.963. The van der Waals surface area contributed by atoms with Gasteiger partial charge in [-0.3, -0.25) is 0 Å². The van der Waals surface area contributed by atoms with Crippen molar-refractivity contribution in [3.8, 4) is 0 Å². The molecule has 2 nitrogen and oxygen atoms in total. The number of anilines is 2. The van der Waals surface area contributed by atoms with Crippen LogP contribution in [-0.4, -0.2) is 4.57 Å². The number of hydrogen-bond donors (Lipinski definition) is 0. The summed E-state index contributed by atoms with van der Waals surface area (Å²) in [6.07, 6.45) is 34.4. The third-order valence-corrected chi connectivity index (χ3v) is 11.7. The van der Waals surface area contributed by atoms with E-state index in [-0.39, 0.29) is 5.92 Å². The lowest BCUT2D eigenvalue weighted by Crippen LogP contribution is -2.33. The molecule has 4 unspecified atom stereocenters. The molecule has 0 bridgehead atoms. The highest BCUT2D eigenvalue weighted by atomic mass is 15.2. The Balaban J connectivity index is 1.20. The summed E-state index contributed by atoms with van der Waals surface area (Å²) >= 11 is 0. The number of para-hydroxylation sites is 1. The van der Waals surface area contributed by atoms with E-state index in [9.17, 15) is 0 Å². The monoisotopic (exact) mass is 640 g/mol. The van der Waals surface area contributed by atoms with E-state index >= 15 is 0 Å². The minimum atomic E-state index is 0.241. The van der Waals surface area contributed by atoms with Gasteiger partial charge in [0.15, 0.2) is 0 Å². The van der Waals surface area contributed by atoms with Crippen LogP contribution in [0.4, 0.5) is 11.4 Å². The lowest BCUT2D eigenvalue weighted by molar-refractivity contribution is 0.612. The molecule has 6 aliphatic rings. The number of benzene rings is 4. The van der Waals surface area contributed by atoms with E-state index in [1.807, 2.05) is 0 Å². The van der Waals surface area contributed by atoms with E-state index in [0.29, 0.717) is 17.9 Å². The predicted octanol–water partition coefficient (Wildman–Crippen LogP) is 10.1. The summed E-state index contributed by atoms with van der Waals surface area (Å²) in [5.41, 5.74) is 13.3. The van der Waals surface area contributed by atoms with Gasteiger partial charge >= 0.3 is 0 Å². The van der Waals surface area contributed by atoms with E-state index in [4.69, 9.17) is 0 Å². The smallest absolute Gasteiger partial charge is 0.0560 e. The quantitative estimate of drug-likeness (QED) is 0.190. The largest absolute Gasteiger partial charge is 0.333 e. The average molecular weight is 641 g/mol. The minimum absolute atomic E-state index is 0.241. The molecule has 238 valence electrons. The first-order chi connectivity index (χ1) is 24.8. The first-order valence-corrected chi connectivity index (χ1v) is 18.1. The Hall–Kier alpha value is -5.86. The standard InChI is InChI=1S/C48H36N2/c1-2-17-34(18-3-1)49-43-24-9-8-21-38(43)41-30-35(27-28-44(41)49)50(42-25-11-15-31-13-4-6-19-36(31)42)45-26-12-23-40-39-22-10-16-33-29-32-14-5-7-20-37(32)48(46(33)39)47(40)45/h1-15,17,19-31,33-34,36H,16,18H2. The van der Waals surface area contributed by atoms with Crippen molar-refractivity contribution < 1.29 is 0 Å². The Bertz CT molecular complexity index is 2680. The molecule has 0 amide bonds. The van der Waals surface area contributed by atoms with Crippen molar-refractivity contribution in [1.82, 2.24) is 4.57 Å². The molecule has 6 aliphatic carbocycles. The van der Waals surface area contributed by atoms with Crippen molar-refractivity contribution in [2.45, 2.75) is 18.9 Å². The third-order valence-electron chi connectivity index (χ3n) is 11.7. The summed E-state index contributed by atoms with van der Waals surface area (Å²) in [4.78, 5) is 2.60. The SMILES string of the molecule is C1=CCC(n2c3ccccc3c3cc(N(C4=CC=CC5C=CC=CC45)c4cccc5c4C4=c6ccccc6=CC6CC=CC5=C46)ccc32)C=C1. The number of rotatable bonds is 4. The molecule has 1 heterocycles. The zero-order valence-corrected chi connectivity index (χ0v) is 27.8. The molecule has 5 aromatic rings. The van der Waals surface area contributed by atoms with Crippen LogP contribution in [-0.2, 0) is 0 Å². The van der Waals surface area contributed by atoms with E-state index in [0.717, 1.165) is 12.8 Å². The van der Waals surface area contributed by atoms with Crippen molar-refractivity contribution in [3.63, 3.8) is 0 Å². The van der Waals surface area contributed by atoms with Gasteiger partial charge in [-0.15, -0.1) is 0 Å². The Morgan fingerprint density at radius 2 is 1.54 bits per heavy atom. The van der Waals surface area contributed by atoms with Crippen LogP contribution in [0.15, 0.2) is 175 Å². The molecule has 0 N–H and O–H groups in total. The van der Waals surface area contributed by atoms with Crippen LogP contribution < -0.4 is 15.3 Å². The number of aromatic nitrogens is 1. The fourth-order valence-electron chi connectivity index (χ4n) is 9.56. The second-order valence-corrected chi connectivity index (χ2v) is 14.3. The molecule has 0 saturated carbocycles. The third kappa shape index (κ3) is 3.96. The molecule has 11 rings (SSSR count). The molecule has 0 radical (unpaired) electrons. The van der Waals surface area contributed by atoms with Crippen molar-refractivity contribution in [1.29, 1.82) is 0 Å². The van der Waals surface area contributed by atoms with Crippen LogP contribution in [0.1, 0.15) is 30.0 Å². The van der Waals surface area contributed by atoms with Gasteiger partial charge in [-0.25, -0.2) is 0 Å². The number of allylic oxidation sites excluding steroid dienone is 15. The Labute approximate surface area is 292 Å². The number of hydrogen-bond acceptors (Lipinski definition) is 1. The molecule has 0 saturated heterocycles. The van der Waals surface area contributed by atoms with Crippen molar-refractivity contribution >= 4 is 50.4 Å². The maximum absolute atomic E-state index is 2.60. The minimum Gasteiger partial charge on any atom is -0.333 e. The first kappa shape index (κ1) is 28.0. The summed E-state index contributed by atoms with van der Waals surface area (Å²) < 4.78 is 2.54. The fourth-order valence-corrected chi connectivity index (χ4v) is 9.56. The van der Waals surface area contributed by atoms with Crippen LogP contribution in [0, 0.1) is 17.8 Å². The van der Waals surface area contributed by atoms with Crippen LogP contribution in [0.25, 0.3) is 39.0 Å². The van der Waals surface area contributed by atoms with Crippen LogP contribution in [0.2, 0.25) is 0 Å². The van der Waals surface area contributed by atoms with Crippen molar-refractivity contribution in [2.75, 3.05) is 4.90 Å². The molecule has 50 heavy (non-hydrogen) atoms. The van der Waals surface area contributed by atoms with Gasteiger partial charge < -0.3 is 9.47 Å². The Morgan fingerprint density at radius 1 is 0.680 bits per heavy atom. The van der Waals surface area contributed by atoms with E-state index in [1.165, 1.54) is 77.2 Å². The Morgan fingerprint density at radius 3 is 2.50 bits per heavy atom. The van der Waals surface area contributed by atoms with Gasteiger partial charge in [0.25, 0.3) is 0 Å². The van der Waals surface area contributed by atoms with Crippen molar-refractivity contribution in [3.05, 3.63) is 197 Å². The van der Waals surface area contributed by atoms with E-state index in [2.05, 4.69) is 179 Å². The van der Waals surface area contributed by atoms with Gasteiger partial charge in [-0.2, -0.15) is 0 Å². The van der Waals surface area contributed by atoms with Gasteiger partial charge in [0.05, 0.1) is 11.7 Å². The highest BCUT2D eigenvalue weighted by Gasteiger charge is 2.38. The summed E-state index contributed by atoms with van der Waals surface area (Å²) in [6, 6.07) is 32.5. The second kappa shape index (κ2) is 10.8. The molecule has 4 aromatic carbocycles. The Kier molecular flexibility index (Phi) is 6.07. The highest BCUT2D eigenvalue weighted by Crippen LogP contribution is 2.53. The lowest BCUT2D eigenvalue weighted by Gasteiger charge is -2.37. The summed E-state index contributed by atoms with van der Waals surface area (Å²) in [7, 11) is 0. The first-order valence-electron chi connectivity index (χ1n) is 18.1. The zero-order valence-electron chi connectivity index (χ0n) is 27.8. The number of fused-ring (bicyclic) bond motifs is 8. The lowest BCUT2D eigenvalue weighted by atomic mass is 9.80. The second-order valence-electron chi connectivity index (χ2n) is 14.3. The van der Waals surface area contributed by atoms with Crippen molar-refractivity contribution in [2.24, 2.45) is 17.8 Å². The van der Waals surface area contributed by atoms with Crippen LogP contribution in [0.3, 0.4) is 0 Å². The molecular formula is C48H36N2. The summed E-state index contributed by atoms with van der Waals surface area (Å²) in [6.45, 7) is 0. The van der Waals surface area contributed by atoms with Crippen LogP contribution >= 0.6 is 0 Å². The number of nitrogens with zero attached hydrogens (tertiary/aromatic N) is 2. The van der Waals surface area contributed by atoms with Gasteiger partial charge in [0.1, 0.15) is 0 Å². The normalized spacial score (nSPS) is 23.5. The molecule has 1 aromatic heterocycles.